The van der Waals surface area contributed by atoms with Crippen molar-refractivity contribution >= 4 is 11.3 Å². The first-order valence-electron chi connectivity index (χ1n) is 8.47. The van der Waals surface area contributed by atoms with Crippen molar-refractivity contribution in [2.24, 2.45) is 0 Å². The lowest BCUT2D eigenvalue weighted by Gasteiger charge is -2.40. The average molecular weight is 347 g/mol. The van der Waals surface area contributed by atoms with E-state index in [0.717, 1.165) is 50.0 Å². The zero-order valence-electron chi connectivity index (χ0n) is 14.4. The molecule has 6 nitrogen and oxygen atoms in total. The van der Waals surface area contributed by atoms with Crippen molar-refractivity contribution in [3.63, 3.8) is 0 Å². The zero-order valence-corrected chi connectivity index (χ0v) is 15.2. The van der Waals surface area contributed by atoms with Crippen LogP contribution in [0, 0.1) is 0 Å². The van der Waals surface area contributed by atoms with Crippen LogP contribution in [0.5, 0.6) is 0 Å². The maximum atomic E-state index is 5.23. The van der Waals surface area contributed by atoms with Gasteiger partial charge in [-0.2, -0.15) is 0 Å². The minimum atomic E-state index is 0.601. The number of thiazole rings is 1. The van der Waals surface area contributed by atoms with Crippen LogP contribution in [0.2, 0.25) is 0 Å². The Balaban J connectivity index is 1.58. The summed E-state index contributed by atoms with van der Waals surface area (Å²) in [6.45, 7) is 8.27. The van der Waals surface area contributed by atoms with Crippen LogP contribution >= 0.6 is 11.3 Å². The van der Waals surface area contributed by atoms with Gasteiger partial charge in [-0.3, -0.25) is 9.80 Å². The molecule has 7 heteroatoms. The van der Waals surface area contributed by atoms with Crippen molar-refractivity contribution in [1.82, 2.24) is 24.8 Å². The summed E-state index contributed by atoms with van der Waals surface area (Å²) in [5.41, 5.74) is 1.11. The van der Waals surface area contributed by atoms with E-state index in [2.05, 4.69) is 32.1 Å². The molecule has 0 saturated carbocycles. The molecule has 0 amide bonds. The highest BCUT2D eigenvalue weighted by Crippen LogP contribution is 2.21. The molecule has 0 spiro atoms. The molecule has 0 bridgehead atoms. The van der Waals surface area contributed by atoms with Gasteiger partial charge >= 0.3 is 0 Å². The molecule has 1 aliphatic heterocycles. The molecule has 1 atom stereocenters. The quantitative estimate of drug-likeness (QED) is 0.765. The molecule has 130 valence electrons. The number of ether oxygens (including phenoxy) is 1. The zero-order chi connectivity index (χ0) is 16.8. The maximum Gasteiger partial charge on any atom is 0.188 e. The Morgan fingerprint density at radius 1 is 1.29 bits per heavy atom. The van der Waals surface area contributed by atoms with E-state index in [1.54, 1.807) is 30.8 Å². The molecular formula is C17H25N5OS. The molecule has 0 aromatic carbocycles. The molecule has 1 saturated heterocycles. The Kier molecular flexibility index (Phi) is 6.25. The summed E-state index contributed by atoms with van der Waals surface area (Å²) in [6.07, 6.45) is 4.68. The molecule has 3 rings (SSSR count). The number of piperazine rings is 1. The highest BCUT2D eigenvalue weighted by molar-refractivity contribution is 7.13. The van der Waals surface area contributed by atoms with Gasteiger partial charge in [-0.05, 0) is 12.5 Å². The summed E-state index contributed by atoms with van der Waals surface area (Å²) >= 11 is 1.62. The summed E-state index contributed by atoms with van der Waals surface area (Å²) in [5, 5.41) is 3.03. The highest BCUT2D eigenvalue weighted by atomic mass is 32.1. The van der Waals surface area contributed by atoms with Crippen molar-refractivity contribution in [3.05, 3.63) is 29.5 Å². The van der Waals surface area contributed by atoms with Gasteiger partial charge in [0.1, 0.15) is 0 Å². The van der Waals surface area contributed by atoms with Gasteiger partial charge in [-0.25, -0.2) is 15.0 Å². The lowest BCUT2D eigenvalue weighted by molar-refractivity contribution is 0.0461. The highest BCUT2D eigenvalue weighted by Gasteiger charge is 2.25. The van der Waals surface area contributed by atoms with Crippen molar-refractivity contribution in [1.29, 1.82) is 0 Å². The van der Waals surface area contributed by atoms with Crippen LogP contribution in [0.1, 0.15) is 19.0 Å². The van der Waals surface area contributed by atoms with Crippen LogP contribution in [0.15, 0.2) is 23.8 Å². The van der Waals surface area contributed by atoms with E-state index in [0.29, 0.717) is 11.9 Å². The third kappa shape index (κ3) is 4.36. The molecule has 1 aliphatic rings. The first kappa shape index (κ1) is 17.4. The molecule has 0 radical (unpaired) electrons. The van der Waals surface area contributed by atoms with Crippen molar-refractivity contribution in [2.75, 3.05) is 39.9 Å². The van der Waals surface area contributed by atoms with Gasteiger partial charge in [0, 0.05) is 63.6 Å². The number of aromatic nitrogens is 3. The van der Waals surface area contributed by atoms with E-state index < -0.39 is 0 Å². The summed E-state index contributed by atoms with van der Waals surface area (Å²) in [7, 11) is 1.77. The minimum absolute atomic E-state index is 0.601. The van der Waals surface area contributed by atoms with Crippen LogP contribution in [0.4, 0.5) is 0 Å². The van der Waals surface area contributed by atoms with Gasteiger partial charge in [0.2, 0.25) is 0 Å². The fraction of sp³-hybridized carbons (Fsp3) is 0.588. The fourth-order valence-electron chi connectivity index (χ4n) is 3.11. The number of nitrogens with zero attached hydrogens (tertiary/aromatic N) is 5. The van der Waals surface area contributed by atoms with Crippen LogP contribution in [0.25, 0.3) is 10.8 Å². The first-order chi connectivity index (χ1) is 11.8. The lowest BCUT2D eigenvalue weighted by Crippen LogP contribution is -2.53. The summed E-state index contributed by atoms with van der Waals surface area (Å²) in [6, 6.07) is 2.43. The van der Waals surface area contributed by atoms with E-state index in [1.165, 1.54) is 6.42 Å². The van der Waals surface area contributed by atoms with E-state index in [-0.39, 0.29) is 0 Å². The van der Waals surface area contributed by atoms with Crippen LogP contribution < -0.4 is 0 Å². The van der Waals surface area contributed by atoms with Crippen molar-refractivity contribution in [2.45, 2.75) is 25.9 Å². The summed E-state index contributed by atoms with van der Waals surface area (Å²) in [4.78, 5) is 18.3. The number of methoxy groups -OCH3 is 1. The van der Waals surface area contributed by atoms with Gasteiger partial charge in [0.25, 0.3) is 0 Å². The molecule has 2 aromatic heterocycles. The number of hydrogen-bond acceptors (Lipinski definition) is 7. The van der Waals surface area contributed by atoms with Gasteiger partial charge in [0.05, 0.1) is 12.3 Å². The van der Waals surface area contributed by atoms with E-state index in [4.69, 9.17) is 9.72 Å². The van der Waals surface area contributed by atoms with E-state index in [1.807, 2.05) is 6.07 Å². The molecule has 0 N–H and O–H groups in total. The predicted molar refractivity (Wildman–Crippen MR) is 95.9 cm³/mol. The van der Waals surface area contributed by atoms with Crippen LogP contribution in [-0.4, -0.2) is 70.7 Å². The summed E-state index contributed by atoms with van der Waals surface area (Å²) in [5.74, 6) is 0.713. The fourth-order valence-corrected chi connectivity index (χ4v) is 3.87. The van der Waals surface area contributed by atoms with E-state index >= 15 is 0 Å². The maximum absolute atomic E-state index is 5.23. The Morgan fingerprint density at radius 3 is 2.88 bits per heavy atom. The van der Waals surface area contributed by atoms with E-state index in [9.17, 15) is 0 Å². The number of rotatable bonds is 7. The summed E-state index contributed by atoms with van der Waals surface area (Å²) < 4.78 is 5.23. The molecule has 2 aromatic rings. The second kappa shape index (κ2) is 8.62. The van der Waals surface area contributed by atoms with Crippen LogP contribution in [0.3, 0.4) is 0 Å². The van der Waals surface area contributed by atoms with Gasteiger partial charge in [-0.15, -0.1) is 11.3 Å². The average Bonchev–Trinajstić information content (AvgIpc) is 3.09. The van der Waals surface area contributed by atoms with Gasteiger partial charge in [0.15, 0.2) is 10.8 Å². The third-order valence-electron chi connectivity index (χ3n) is 4.44. The number of hydrogen-bond donors (Lipinski definition) is 0. The largest absolute Gasteiger partial charge is 0.383 e. The minimum Gasteiger partial charge on any atom is -0.383 e. The van der Waals surface area contributed by atoms with Crippen LogP contribution in [-0.2, 0) is 11.3 Å². The molecular weight excluding hydrogens is 322 g/mol. The monoisotopic (exact) mass is 347 g/mol. The molecule has 3 heterocycles. The second-order valence-corrected chi connectivity index (χ2v) is 6.90. The Labute approximate surface area is 147 Å². The second-order valence-electron chi connectivity index (χ2n) is 6.04. The SMILES string of the molecule is CC[C@H]1CN(Cc2csc(-c3ncccn3)n2)CCN1CCOC. The first-order valence-corrected chi connectivity index (χ1v) is 9.35. The topological polar surface area (TPSA) is 54.4 Å². The smallest absolute Gasteiger partial charge is 0.188 e. The normalized spacial score (nSPS) is 19.7. The standard InChI is InChI=1S/C17H25N5OS/c1-3-15-12-21(7-8-22(15)9-10-23-2)11-14-13-24-17(20-14)16-18-5-4-6-19-16/h4-6,13,15H,3,7-12H2,1-2H3/t15-/m0/s1. The van der Waals surface area contributed by atoms with Gasteiger partial charge in [-0.1, -0.05) is 6.92 Å². The molecule has 1 fully saturated rings. The Hall–Kier alpha value is -1.41. The molecule has 24 heavy (non-hydrogen) atoms. The van der Waals surface area contributed by atoms with Gasteiger partial charge < -0.3 is 4.74 Å². The third-order valence-corrected chi connectivity index (χ3v) is 5.32. The Bertz CT molecular complexity index is 620. The van der Waals surface area contributed by atoms with Crippen molar-refractivity contribution < 1.29 is 4.74 Å². The molecule has 0 aliphatic carbocycles. The Morgan fingerprint density at radius 2 is 2.12 bits per heavy atom. The predicted octanol–water partition coefficient (Wildman–Crippen LogP) is 2.14. The molecule has 0 unspecified atom stereocenters. The van der Waals surface area contributed by atoms with Crippen molar-refractivity contribution in [3.8, 4) is 10.8 Å². The lowest BCUT2D eigenvalue weighted by atomic mass is 10.1.